The van der Waals surface area contributed by atoms with Crippen LogP contribution < -0.4 is 0 Å². The third-order valence-corrected chi connectivity index (χ3v) is 4.51. The Balaban J connectivity index is 1.60. The van der Waals surface area contributed by atoms with E-state index in [0.717, 1.165) is 36.0 Å². The minimum atomic E-state index is -0.225. The first-order valence-electron chi connectivity index (χ1n) is 8.09. The maximum Gasteiger partial charge on any atom is 0.339 e. The predicted octanol–water partition coefficient (Wildman–Crippen LogP) is 2.84. The molecule has 5 heteroatoms. The van der Waals surface area contributed by atoms with Gasteiger partial charge in [0.15, 0.2) is 0 Å². The maximum absolute atomic E-state index is 12.0. The van der Waals surface area contributed by atoms with Crippen LogP contribution in [-0.2, 0) is 24.4 Å². The lowest BCUT2D eigenvalue weighted by Gasteiger charge is -2.21. The minimum absolute atomic E-state index is 0.225. The molecule has 0 spiro atoms. The number of aromatic nitrogens is 2. The van der Waals surface area contributed by atoms with E-state index in [0.29, 0.717) is 12.2 Å². The van der Waals surface area contributed by atoms with E-state index in [2.05, 4.69) is 35.2 Å². The molecule has 0 atom stereocenters. The zero-order valence-electron chi connectivity index (χ0n) is 13.6. The fourth-order valence-electron chi connectivity index (χ4n) is 3.27. The quantitative estimate of drug-likeness (QED) is 0.678. The SMILES string of the molecule is CN(CCn1cccn1)Cc1ccc2c3c(cccc13)C(=O)OC2. The largest absolute Gasteiger partial charge is 0.457 e. The van der Waals surface area contributed by atoms with Crippen LogP contribution in [0.15, 0.2) is 48.8 Å². The summed E-state index contributed by atoms with van der Waals surface area (Å²) in [6, 6.07) is 12.0. The lowest BCUT2D eigenvalue weighted by molar-refractivity contribution is 0.0463. The topological polar surface area (TPSA) is 47.4 Å². The number of likely N-dealkylation sites (N-methyl/N-ethyl adjacent to an activating group) is 1. The molecule has 0 fully saturated rings. The second kappa shape index (κ2) is 6.09. The van der Waals surface area contributed by atoms with Gasteiger partial charge in [-0.25, -0.2) is 4.79 Å². The summed E-state index contributed by atoms with van der Waals surface area (Å²) in [5, 5.41) is 6.43. The van der Waals surface area contributed by atoms with Gasteiger partial charge in [0.1, 0.15) is 6.61 Å². The summed E-state index contributed by atoms with van der Waals surface area (Å²) in [5.74, 6) is -0.225. The Bertz CT molecular complexity index is 887. The molecule has 0 amide bonds. The van der Waals surface area contributed by atoms with Crippen LogP contribution in [0, 0.1) is 0 Å². The van der Waals surface area contributed by atoms with Gasteiger partial charge in [-0.3, -0.25) is 4.68 Å². The van der Waals surface area contributed by atoms with Crippen molar-refractivity contribution in [1.82, 2.24) is 14.7 Å². The number of carbonyl (C=O) groups excluding carboxylic acids is 1. The first kappa shape index (κ1) is 14.9. The summed E-state index contributed by atoms with van der Waals surface area (Å²) in [6.45, 7) is 2.96. The monoisotopic (exact) mass is 321 g/mol. The average molecular weight is 321 g/mol. The van der Waals surface area contributed by atoms with Crippen molar-refractivity contribution in [3.8, 4) is 0 Å². The van der Waals surface area contributed by atoms with Gasteiger partial charge in [-0.05, 0) is 35.7 Å². The molecule has 1 aliphatic rings. The van der Waals surface area contributed by atoms with E-state index in [1.165, 1.54) is 5.56 Å². The van der Waals surface area contributed by atoms with Crippen molar-refractivity contribution in [2.75, 3.05) is 13.6 Å². The van der Waals surface area contributed by atoms with E-state index in [1.54, 1.807) is 6.20 Å². The van der Waals surface area contributed by atoms with Gasteiger partial charge in [-0.1, -0.05) is 24.3 Å². The molecule has 0 radical (unpaired) electrons. The molecule has 0 N–H and O–H groups in total. The van der Waals surface area contributed by atoms with Gasteiger partial charge in [0, 0.05) is 30.9 Å². The number of cyclic esters (lactones) is 1. The molecule has 2 heterocycles. The fraction of sp³-hybridized carbons (Fsp3) is 0.263. The second-order valence-corrected chi connectivity index (χ2v) is 6.19. The summed E-state index contributed by atoms with van der Waals surface area (Å²) < 4.78 is 7.17. The Morgan fingerprint density at radius 1 is 1.25 bits per heavy atom. The maximum atomic E-state index is 12.0. The lowest BCUT2D eigenvalue weighted by atomic mass is 9.94. The molecule has 3 aromatic rings. The van der Waals surface area contributed by atoms with Crippen LogP contribution >= 0.6 is 0 Å². The van der Waals surface area contributed by atoms with Crippen molar-refractivity contribution in [3.05, 3.63) is 65.5 Å². The number of ether oxygens (including phenoxy) is 1. The molecule has 122 valence electrons. The van der Waals surface area contributed by atoms with Crippen LogP contribution in [0.4, 0.5) is 0 Å². The van der Waals surface area contributed by atoms with E-state index in [1.807, 2.05) is 29.1 Å². The van der Waals surface area contributed by atoms with Crippen molar-refractivity contribution in [3.63, 3.8) is 0 Å². The average Bonchev–Trinajstić information content (AvgIpc) is 3.11. The van der Waals surface area contributed by atoms with Crippen LogP contribution in [0.1, 0.15) is 21.5 Å². The first-order valence-corrected chi connectivity index (χ1v) is 8.09. The number of nitrogens with zero attached hydrogens (tertiary/aromatic N) is 3. The van der Waals surface area contributed by atoms with Crippen molar-refractivity contribution in [2.45, 2.75) is 19.7 Å². The Hall–Kier alpha value is -2.66. The van der Waals surface area contributed by atoms with Crippen molar-refractivity contribution in [2.24, 2.45) is 0 Å². The molecule has 1 aromatic heterocycles. The van der Waals surface area contributed by atoms with Gasteiger partial charge in [0.05, 0.1) is 12.1 Å². The number of rotatable bonds is 5. The number of esters is 1. The van der Waals surface area contributed by atoms with Crippen LogP contribution in [-0.4, -0.2) is 34.2 Å². The summed E-state index contributed by atoms with van der Waals surface area (Å²) in [5.41, 5.74) is 2.99. The van der Waals surface area contributed by atoms with E-state index in [4.69, 9.17) is 4.74 Å². The van der Waals surface area contributed by atoms with E-state index in [-0.39, 0.29) is 5.97 Å². The van der Waals surface area contributed by atoms with Crippen molar-refractivity contribution < 1.29 is 9.53 Å². The molecular formula is C19H19N3O2. The van der Waals surface area contributed by atoms with Gasteiger partial charge >= 0.3 is 5.97 Å². The van der Waals surface area contributed by atoms with Crippen molar-refractivity contribution in [1.29, 1.82) is 0 Å². The smallest absolute Gasteiger partial charge is 0.339 e. The molecular weight excluding hydrogens is 302 g/mol. The highest BCUT2D eigenvalue weighted by molar-refractivity contribution is 6.08. The standard InChI is InChI=1S/C19H19N3O2/c1-21(10-11-22-9-3-8-20-22)12-14-6-7-15-13-24-19(23)17-5-2-4-16(14)18(15)17/h2-9H,10-13H2,1H3. The Kier molecular flexibility index (Phi) is 3.78. The molecule has 0 saturated heterocycles. The van der Waals surface area contributed by atoms with Crippen LogP contribution in [0.3, 0.4) is 0 Å². The zero-order chi connectivity index (χ0) is 16.5. The third kappa shape index (κ3) is 2.67. The first-order chi connectivity index (χ1) is 11.7. The van der Waals surface area contributed by atoms with Gasteiger partial charge in [-0.2, -0.15) is 5.10 Å². The number of carbonyl (C=O) groups is 1. The molecule has 0 unspecified atom stereocenters. The predicted molar refractivity (Wildman–Crippen MR) is 91.6 cm³/mol. The molecule has 0 aliphatic carbocycles. The molecule has 1 aliphatic heterocycles. The highest BCUT2D eigenvalue weighted by atomic mass is 16.5. The van der Waals surface area contributed by atoms with Crippen LogP contribution in [0.5, 0.6) is 0 Å². The minimum Gasteiger partial charge on any atom is -0.457 e. The summed E-state index contributed by atoms with van der Waals surface area (Å²) >= 11 is 0. The molecule has 24 heavy (non-hydrogen) atoms. The highest BCUT2D eigenvalue weighted by Gasteiger charge is 2.21. The highest BCUT2D eigenvalue weighted by Crippen LogP contribution is 2.31. The van der Waals surface area contributed by atoms with Gasteiger partial charge < -0.3 is 9.64 Å². The summed E-state index contributed by atoms with van der Waals surface area (Å²) in [4.78, 5) is 14.3. The normalized spacial score (nSPS) is 13.5. The molecule has 0 saturated carbocycles. The number of hydrogen-bond acceptors (Lipinski definition) is 4. The number of benzene rings is 2. The summed E-state index contributed by atoms with van der Waals surface area (Å²) in [6.07, 6.45) is 3.77. The zero-order valence-corrected chi connectivity index (χ0v) is 13.6. The van der Waals surface area contributed by atoms with Crippen LogP contribution in [0.2, 0.25) is 0 Å². The van der Waals surface area contributed by atoms with Gasteiger partial charge in [-0.15, -0.1) is 0 Å². The van der Waals surface area contributed by atoms with Crippen molar-refractivity contribution >= 4 is 16.7 Å². The van der Waals surface area contributed by atoms with Gasteiger partial charge in [0.25, 0.3) is 0 Å². The molecule has 0 bridgehead atoms. The fourth-order valence-corrected chi connectivity index (χ4v) is 3.27. The Morgan fingerprint density at radius 2 is 2.17 bits per heavy atom. The van der Waals surface area contributed by atoms with E-state index < -0.39 is 0 Å². The van der Waals surface area contributed by atoms with Gasteiger partial charge in [0.2, 0.25) is 0 Å². The Morgan fingerprint density at radius 3 is 3.00 bits per heavy atom. The molecule has 2 aromatic carbocycles. The lowest BCUT2D eigenvalue weighted by Crippen LogP contribution is -2.23. The Labute approximate surface area is 140 Å². The second-order valence-electron chi connectivity index (χ2n) is 6.19. The number of hydrogen-bond donors (Lipinski definition) is 0. The third-order valence-electron chi connectivity index (χ3n) is 4.51. The van der Waals surface area contributed by atoms with Crippen LogP contribution in [0.25, 0.3) is 10.8 Å². The molecule has 4 rings (SSSR count). The van der Waals surface area contributed by atoms with E-state index in [9.17, 15) is 4.79 Å². The summed E-state index contributed by atoms with van der Waals surface area (Å²) in [7, 11) is 2.10. The molecule has 5 nitrogen and oxygen atoms in total. The van der Waals surface area contributed by atoms with E-state index >= 15 is 0 Å².